The van der Waals surface area contributed by atoms with Crippen molar-refractivity contribution in [3.8, 4) is 0 Å². The van der Waals surface area contributed by atoms with Crippen LogP contribution in [-0.2, 0) is 14.5 Å². The molecule has 30 heavy (non-hydrogen) atoms. The number of thiophene rings is 1. The molecule has 1 fully saturated rings. The van der Waals surface area contributed by atoms with Crippen LogP contribution in [0.4, 0.5) is 5.82 Å². The predicted octanol–water partition coefficient (Wildman–Crippen LogP) is 1.40. The van der Waals surface area contributed by atoms with Gasteiger partial charge < -0.3 is 10.4 Å². The second-order valence-corrected chi connectivity index (χ2v) is 9.76. The number of Topliss-reactive ketones (excluding diaryl/α,β-unsaturated/α-hetero) is 1. The van der Waals surface area contributed by atoms with Crippen LogP contribution in [0.25, 0.3) is 0 Å². The Kier molecular flexibility index (Phi) is 6.84. The zero-order chi connectivity index (χ0) is 22.1. The Morgan fingerprint density at radius 1 is 1.40 bits per heavy atom. The van der Waals surface area contributed by atoms with Gasteiger partial charge in [-0.1, -0.05) is 11.6 Å². The average Bonchev–Trinajstić information content (AvgIpc) is 3.22. The molecule has 0 amide bonds. The number of hydrogen-bond donors (Lipinski definition) is 3. The molecule has 2 aromatic rings. The molecular formula is C17H19ClN4O6S2. The van der Waals surface area contributed by atoms with E-state index in [0.29, 0.717) is 12.8 Å². The van der Waals surface area contributed by atoms with Gasteiger partial charge in [-0.25, -0.2) is 15.1 Å². The van der Waals surface area contributed by atoms with E-state index in [4.69, 9.17) is 16.7 Å². The smallest absolute Gasteiger partial charge is 0.333 e. The van der Waals surface area contributed by atoms with Crippen molar-refractivity contribution in [2.45, 2.75) is 31.9 Å². The molecule has 4 N–H and O–H groups in total. The Morgan fingerprint density at radius 2 is 2.13 bits per heavy atom. The van der Waals surface area contributed by atoms with Crippen LogP contribution in [0.5, 0.6) is 0 Å². The molecule has 1 aliphatic carbocycles. The highest BCUT2D eigenvalue weighted by Gasteiger charge is 2.35. The molecule has 0 aromatic carbocycles. The maximum atomic E-state index is 12.9. The zero-order valence-corrected chi connectivity index (χ0v) is 18.1. The third-order valence-corrected chi connectivity index (χ3v) is 6.51. The van der Waals surface area contributed by atoms with E-state index in [1.54, 1.807) is 0 Å². The molecule has 2 heterocycles. The van der Waals surface area contributed by atoms with E-state index in [2.05, 4.69) is 19.5 Å². The van der Waals surface area contributed by atoms with Gasteiger partial charge in [0.05, 0.1) is 23.2 Å². The Bertz CT molecular complexity index is 1070. The van der Waals surface area contributed by atoms with Crippen LogP contribution in [0.2, 0.25) is 4.34 Å². The maximum Gasteiger partial charge on any atom is 0.333 e. The molecular weight excluding hydrogens is 456 g/mol. The number of aliphatic hydroxyl groups is 1. The van der Waals surface area contributed by atoms with Crippen LogP contribution >= 0.6 is 22.9 Å². The van der Waals surface area contributed by atoms with Crippen molar-refractivity contribution in [3.63, 3.8) is 0 Å². The summed E-state index contributed by atoms with van der Waals surface area (Å²) in [5.74, 6) is -0.832. The molecule has 1 aliphatic rings. The summed E-state index contributed by atoms with van der Waals surface area (Å²) in [6.45, 7) is 1.12. The van der Waals surface area contributed by atoms with Gasteiger partial charge in [0.2, 0.25) is 5.78 Å². The summed E-state index contributed by atoms with van der Waals surface area (Å²) in [5.41, 5.74) is 0.456. The molecule has 3 atom stereocenters. The largest absolute Gasteiger partial charge is 0.393 e. The van der Waals surface area contributed by atoms with Crippen molar-refractivity contribution in [1.29, 1.82) is 0 Å². The summed E-state index contributed by atoms with van der Waals surface area (Å²) in [7, 11) is -4.10. The number of carbonyl (C=O) groups is 2. The van der Waals surface area contributed by atoms with Gasteiger partial charge in [-0.2, -0.15) is 8.42 Å². The lowest BCUT2D eigenvalue weighted by atomic mass is 10.1. The monoisotopic (exact) mass is 474 g/mol. The normalized spacial score (nSPS) is 21.5. The van der Waals surface area contributed by atoms with E-state index in [-0.39, 0.29) is 44.6 Å². The van der Waals surface area contributed by atoms with Gasteiger partial charge in [0, 0.05) is 23.7 Å². The molecule has 0 radical (unpaired) electrons. The molecule has 0 unspecified atom stereocenters. The van der Waals surface area contributed by atoms with Crippen LogP contribution in [0.3, 0.4) is 0 Å². The van der Waals surface area contributed by atoms with Gasteiger partial charge in [-0.05, 0) is 25.8 Å². The van der Waals surface area contributed by atoms with Crippen LogP contribution in [0.15, 0.2) is 18.6 Å². The van der Waals surface area contributed by atoms with Gasteiger partial charge in [-0.15, -0.1) is 11.3 Å². The van der Waals surface area contributed by atoms with Crippen LogP contribution < -0.4 is 10.5 Å². The Labute approximate surface area is 181 Å². The lowest BCUT2D eigenvalue weighted by molar-refractivity contribution is 0.100. The molecule has 10 nitrogen and oxygen atoms in total. The number of nitrogens with zero attached hydrogens (tertiary/aromatic N) is 2. The van der Waals surface area contributed by atoms with E-state index in [1.807, 2.05) is 0 Å². The summed E-state index contributed by atoms with van der Waals surface area (Å²) in [6, 6.07) is 1.16. The summed E-state index contributed by atoms with van der Waals surface area (Å²) in [5, 5.41) is 18.1. The van der Waals surface area contributed by atoms with Crippen molar-refractivity contribution >= 4 is 50.6 Å². The first-order valence-electron chi connectivity index (χ1n) is 8.82. The standard InChI is InChI=1S/C17H19ClN4O6S2/c1-8(23)11-4-14(29-16(11)18)15(25)12-5-20-7-21-17(12)22-10-2-9(13(24)3-10)6-28-30(19,26)27/h4-5,7,9-10,13,24H,2-3,6H2,1H3,(H2,19,26,27)(H,20,21,22)/t9-,10-,13+/m1/s1. The number of aliphatic hydroxyl groups excluding tert-OH is 1. The second-order valence-electron chi connectivity index (χ2n) is 6.89. The fourth-order valence-corrected chi connectivity index (χ4v) is 4.93. The summed E-state index contributed by atoms with van der Waals surface area (Å²) < 4.78 is 26.7. The number of rotatable bonds is 8. The third-order valence-electron chi connectivity index (χ3n) is 4.69. The molecule has 0 saturated heterocycles. The second kappa shape index (κ2) is 9.04. The highest BCUT2D eigenvalue weighted by atomic mass is 35.5. The van der Waals surface area contributed by atoms with Gasteiger partial charge in [-0.3, -0.25) is 13.8 Å². The first kappa shape index (κ1) is 22.7. The average molecular weight is 475 g/mol. The van der Waals surface area contributed by atoms with Crippen molar-refractivity contribution in [2.24, 2.45) is 11.1 Å². The minimum Gasteiger partial charge on any atom is -0.393 e. The first-order chi connectivity index (χ1) is 14.0. The van der Waals surface area contributed by atoms with Crippen molar-refractivity contribution in [1.82, 2.24) is 9.97 Å². The lowest BCUT2D eigenvalue weighted by Crippen LogP contribution is -2.24. The van der Waals surface area contributed by atoms with E-state index in [9.17, 15) is 23.1 Å². The number of carbonyl (C=O) groups excluding carboxylic acids is 2. The molecule has 0 spiro atoms. The van der Waals surface area contributed by atoms with E-state index >= 15 is 0 Å². The molecule has 3 rings (SSSR count). The first-order valence-corrected chi connectivity index (χ1v) is 11.5. The summed E-state index contributed by atoms with van der Waals surface area (Å²) in [6.07, 6.45) is 2.50. The lowest BCUT2D eigenvalue weighted by Gasteiger charge is -2.15. The Morgan fingerprint density at radius 3 is 2.77 bits per heavy atom. The van der Waals surface area contributed by atoms with Gasteiger partial charge >= 0.3 is 10.3 Å². The zero-order valence-electron chi connectivity index (χ0n) is 15.7. The maximum absolute atomic E-state index is 12.9. The number of hydrogen-bond acceptors (Lipinski definition) is 10. The highest BCUT2D eigenvalue weighted by Crippen LogP contribution is 2.32. The number of halogens is 1. The molecule has 13 heteroatoms. The minimum absolute atomic E-state index is 0.184. The van der Waals surface area contributed by atoms with Gasteiger partial charge in [0.15, 0.2) is 5.78 Å². The topological polar surface area (TPSA) is 162 Å². The van der Waals surface area contributed by atoms with Crippen molar-refractivity contribution in [2.75, 3.05) is 11.9 Å². The highest BCUT2D eigenvalue weighted by molar-refractivity contribution is 7.84. The number of nitrogens with two attached hydrogens (primary N) is 1. The van der Waals surface area contributed by atoms with Crippen molar-refractivity contribution in [3.05, 3.63) is 38.9 Å². The van der Waals surface area contributed by atoms with E-state index in [0.717, 1.165) is 11.3 Å². The van der Waals surface area contributed by atoms with Gasteiger partial charge in [0.1, 0.15) is 16.5 Å². The number of ketones is 2. The van der Waals surface area contributed by atoms with E-state index < -0.39 is 28.1 Å². The number of aromatic nitrogens is 2. The Balaban J connectivity index is 1.75. The van der Waals surface area contributed by atoms with Crippen LogP contribution in [0, 0.1) is 5.92 Å². The van der Waals surface area contributed by atoms with E-state index in [1.165, 1.54) is 25.5 Å². The SMILES string of the molecule is CC(=O)c1cc(C(=O)c2cncnc2N[C@@H]2C[C@H](COS(N)(=O)=O)[C@@H](O)C2)sc1Cl. The molecule has 2 aromatic heterocycles. The number of anilines is 1. The fraction of sp³-hybridized carbons (Fsp3) is 0.412. The molecule has 0 aliphatic heterocycles. The molecule has 162 valence electrons. The predicted molar refractivity (Wildman–Crippen MR) is 110 cm³/mol. The molecule has 0 bridgehead atoms. The van der Waals surface area contributed by atoms with Crippen LogP contribution in [0.1, 0.15) is 45.4 Å². The fourth-order valence-electron chi connectivity index (χ4n) is 3.24. The third kappa shape index (κ3) is 5.39. The minimum atomic E-state index is -4.10. The summed E-state index contributed by atoms with van der Waals surface area (Å²) >= 11 is 7.04. The van der Waals surface area contributed by atoms with Gasteiger partial charge in [0.25, 0.3) is 0 Å². The molecule has 1 saturated carbocycles. The quantitative estimate of drug-likeness (QED) is 0.480. The van der Waals surface area contributed by atoms with Crippen molar-refractivity contribution < 1.29 is 27.3 Å². The Hall–Kier alpha value is -1.96. The number of nitrogens with one attached hydrogen (secondary N) is 1. The summed E-state index contributed by atoms with van der Waals surface area (Å²) in [4.78, 5) is 32.8. The van der Waals surface area contributed by atoms with Crippen LogP contribution in [-0.4, -0.2) is 53.8 Å².